The van der Waals surface area contributed by atoms with Crippen LogP contribution in [0.15, 0.2) is 11.6 Å². The maximum absolute atomic E-state index is 2.88. The molecule has 0 aromatic rings. The fourth-order valence-electron chi connectivity index (χ4n) is 1.58. The highest BCUT2D eigenvalue weighted by Gasteiger charge is 2.20. The van der Waals surface area contributed by atoms with Crippen LogP contribution in [0.1, 0.15) is 54.4 Å². The summed E-state index contributed by atoms with van der Waals surface area (Å²) in [5, 5.41) is 0.231. The van der Waals surface area contributed by atoms with Gasteiger partial charge in [-0.25, -0.2) is 0 Å². The van der Waals surface area contributed by atoms with Crippen LogP contribution in [0.5, 0.6) is 0 Å². The summed E-state index contributed by atoms with van der Waals surface area (Å²) < 4.78 is 0. The maximum Gasteiger partial charge on any atom is -0.00265 e. The molecule has 0 aliphatic carbocycles. The molecular formula is C12H25P. The Bertz CT molecular complexity index is 182. The molecule has 0 nitrogen and oxygen atoms in total. The van der Waals surface area contributed by atoms with Crippen molar-refractivity contribution in [1.82, 2.24) is 0 Å². The molecule has 0 bridgehead atoms. The highest BCUT2D eigenvalue weighted by molar-refractivity contribution is 7.19. The Labute approximate surface area is 86.4 Å². The van der Waals surface area contributed by atoms with Gasteiger partial charge in [-0.3, -0.25) is 0 Å². The van der Waals surface area contributed by atoms with Crippen LogP contribution in [0.25, 0.3) is 0 Å². The molecule has 0 spiro atoms. The molecule has 0 fully saturated rings. The SMILES string of the molecule is CCCC(C)(C)/C(C)=C/C(C)(C)P. The Morgan fingerprint density at radius 3 is 2.00 bits per heavy atom. The molecule has 13 heavy (non-hydrogen) atoms. The molecule has 0 rings (SSSR count). The van der Waals surface area contributed by atoms with E-state index in [1.807, 2.05) is 0 Å². The fourth-order valence-corrected chi connectivity index (χ4v) is 1.83. The Morgan fingerprint density at radius 2 is 1.69 bits per heavy atom. The van der Waals surface area contributed by atoms with E-state index in [-0.39, 0.29) is 5.16 Å². The molecule has 1 unspecified atom stereocenters. The number of rotatable bonds is 4. The average molecular weight is 200 g/mol. The zero-order valence-corrected chi connectivity index (χ0v) is 11.2. The molecule has 1 heteroatoms. The van der Waals surface area contributed by atoms with Gasteiger partial charge < -0.3 is 0 Å². The largest absolute Gasteiger partial charge is 0.128 e. The first-order chi connectivity index (χ1) is 5.69. The quantitative estimate of drug-likeness (QED) is 0.465. The van der Waals surface area contributed by atoms with E-state index < -0.39 is 0 Å². The van der Waals surface area contributed by atoms with Gasteiger partial charge >= 0.3 is 0 Å². The minimum atomic E-state index is 0.231. The molecule has 0 aromatic carbocycles. The first-order valence-corrected chi connectivity index (χ1v) is 5.75. The lowest BCUT2D eigenvalue weighted by Gasteiger charge is -2.28. The monoisotopic (exact) mass is 200 g/mol. The summed E-state index contributed by atoms with van der Waals surface area (Å²) in [6.45, 7) is 13.6. The lowest BCUT2D eigenvalue weighted by atomic mass is 9.80. The third kappa shape index (κ3) is 5.47. The summed E-state index contributed by atoms with van der Waals surface area (Å²) in [7, 11) is 2.88. The van der Waals surface area contributed by atoms with Crippen molar-refractivity contribution in [3.05, 3.63) is 11.6 Å². The van der Waals surface area contributed by atoms with Crippen molar-refractivity contribution in [3.8, 4) is 0 Å². The second-order valence-corrected chi connectivity index (χ2v) is 6.77. The Hall–Kier alpha value is 0.170. The molecule has 78 valence electrons. The van der Waals surface area contributed by atoms with Gasteiger partial charge in [0, 0.05) is 0 Å². The lowest BCUT2D eigenvalue weighted by molar-refractivity contribution is 0.400. The first-order valence-electron chi connectivity index (χ1n) is 5.18. The predicted molar refractivity (Wildman–Crippen MR) is 66.2 cm³/mol. The molecule has 0 heterocycles. The van der Waals surface area contributed by atoms with E-state index in [4.69, 9.17) is 0 Å². The van der Waals surface area contributed by atoms with Gasteiger partial charge in [0.1, 0.15) is 0 Å². The van der Waals surface area contributed by atoms with Crippen LogP contribution < -0.4 is 0 Å². The third-order valence-electron chi connectivity index (χ3n) is 2.53. The maximum atomic E-state index is 2.88. The highest BCUT2D eigenvalue weighted by atomic mass is 31.0. The lowest BCUT2D eigenvalue weighted by Crippen LogP contribution is -2.16. The van der Waals surface area contributed by atoms with Gasteiger partial charge in [-0.15, -0.1) is 9.24 Å². The van der Waals surface area contributed by atoms with Gasteiger partial charge in [-0.05, 0) is 23.9 Å². The van der Waals surface area contributed by atoms with Crippen molar-refractivity contribution < 1.29 is 0 Å². The van der Waals surface area contributed by atoms with Gasteiger partial charge in [0.25, 0.3) is 0 Å². The molecule has 0 saturated heterocycles. The molecule has 0 aromatic heterocycles. The van der Waals surface area contributed by atoms with Crippen LogP contribution >= 0.6 is 9.24 Å². The molecule has 1 atom stereocenters. The van der Waals surface area contributed by atoms with E-state index in [1.165, 1.54) is 18.4 Å². The van der Waals surface area contributed by atoms with Crippen molar-refractivity contribution in [1.29, 1.82) is 0 Å². The second kappa shape index (κ2) is 4.60. The minimum Gasteiger partial charge on any atom is -0.128 e. The summed E-state index contributed by atoms with van der Waals surface area (Å²) >= 11 is 0. The van der Waals surface area contributed by atoms with Gasteiger partial charge in [0.15, 0.2) is 0 Å². The van der Waals surface area contributed by atoms with E-state index in [0.717, 1.165) is 0 Å². The molecule has 0 N–H and O–H groups in total. The van der Waals surface area contributed by atoms with Crippen LogP contribution in [0.2, 0.25) is 0 Å². The summed E-state index contributed by atoms with van der Waals surface area (Å²) in [5.41, 5.74) is 1.87. The van der Waals surface area contributed by atoms with E-state index in [0.29, 0.717) is 5.41 Å². The number of hydrogen-bond donors (Lipinski definition) is 0. The minimum absolute atomic E-state index is 0.231. The first kappa shape index (κ1) is 13.2. The number of allylic oxidation sites excluding steroid dienone is 2. The molecule has 0 aliphatic rings. The average Bonchev–Trinajstić information content (AvgIpc) is 1.82. The standard InChI is InChI=1S/C12H25P/c1-7-8-11(3,4)10(2)9-12(5,6)13/h9H,7-8,13H2,1-6H3/b10-9+. The Balaban J connectivity index is 4.57. The van der Waals surface area contributed by atoms with Crippen molar-refractivity contribution >= 4 is 9.24 Å². The van der Waals surface area contributed by atoms with Gasteiger partial charge in [-0.1, -0.05) is 52.7 Å². The predicted octanol–water partition coefficient (Wildman–Crippen LogP) is 4.41. The van der Waals surface area contributed by atoms with Gasteiger partial charge in [-0.2, -0.15) is 0 Å². The Kier molecular flexibility index (Phi) is 4.66. The Morgan fingerprint density at radius 1 is 1.23 bits per heavy atom. The molecule has 0 saturated carbocycles. The smallest absolute Gasteiger partial charge is 0.00265 e. The highest BCUT2D eigenvalue weighted by Crippen LogP contribution is 2.34. The van der Waals surface area contributed by atoms with Crippen LogP contribution in [0.4, 0.5) is 0 Å². The summed E-state index contributed by atoms with van der Waals surface area (Å²) in [5.74, 6) is 0. The van der Waals surface area contributed by atoms with E-state index >= 15 is 0 Å². The van der Waals surface area contributed by atoms with Crippen LogP contribution in [-0.4, -0.2) is 5.16 Å². The molecule has 0 aliphatic heterocycles. The normalized spacial score (nSPS) is 14.8. The van der Waals surface area contributed by atoms with Crippen LogP contribution in [0, 0.1) is 5.41 Å². The summed E-state index contributed by atoms with van der Waals surface area (Å²) in [6, 6.07) is 0. The fraction of sp³-hybridized carbons (Fsp3) is 0.833. The summed E-state index contributed by atoms with van der Waals surface area (Å²) in [4.78, 5) is 0. The van der Waals surface area contributed by atoms with E-state index in [1.54, 1.807) is 0 Å². The van der Waals surface area contributed by atoms with Gasteiger partial charge in [0.05, 0.1) is 0 Å². The van der Waals surface area contributed by atoms with Crippen LogP contribution in [0.3, 0.4) is 0 Å². The van der Waals surface area contributed by atoms with E-state index in [9.17, 15) is 0 Å². The number of hydrogen-bond acceptors (Lipinski definition) is 0. The van der Waals surface area contributed by atoms with Crippen molar-refractivity contribution in [2.75, 3.05) is 0 Å². The second-order valence-electron chi connectivity index (χ2n) is 5.28. The molecule has 0 radical (unpaired) electrons. The summed E-state index contributed by atoms with van der Waals surface area (Å²) in [6.07, 6.45) is 4.90. The van der Waals surface area contributed by atoms with Crippen molar-refractivity contribution in [2.45, 2.75) is 59.5 Å². The third-order valence-corrected chi connectivity index (χ3v) is 2.70. The topological polar surface area (TPSA) is 0 Å². The molecular weight excluding hydrogens is 175 g/mol. The van der Waals surface area contributed by atoms with Gasteiger partial charge in [0.2, 0.25) is 0 Å². The zero-order chi connectivity index (χ0) is 10.7. The van der Waals surface area contributed by atoms with Crippen LogP contribution in [-0.2, 0) is 0 Å². The van der Waals surface area contributed by atoms with Crippen molar-refractivity contribution in [2.24, 2.45) is 5.41 Å². The van der Waals surface area contributed by atoms with E-state index in [2.05, 4.69) is 56.9 Å². The zero-order valence-electron chi connectivity index (χ0n) is 10.1. The van der Waals surface area contributed by atoms with Crippen molar-refractivity contribution in [3.63, 3.8) is 0 Å². The molecule has 0 amide bonds.